The Morgan fingerprint density at radius 2 is 1.81 bits per heavy atom. The highest BCUT2D eigenvalue weighted by molar-refractivity contribution is 6.32. The van der Waals surface area contributed by atoms with Crippen molar-refractivity contribution < 1.29 is 19.1 Å². The number of hydrogen-bond acceptors (Lipinski definition) is 4. The molecule has 0 aliphatic carbocycles. The molecule has 1 aliphatic rings. The molecule has 0 bridgehead atoms. The van der Waals surface area contributed by atoms with E-state index in [1.165, 1.54) is 6.08 Å². The van der Waals surface area contributed by atoms with E-state index >= 15 is 0 Å². The molecule has 0 aromatic heterocycles. The summed E-state index contributed by atoms with van der Waals surface area (Å²) in [7, 11) is 0. The Labute approximate surface area is 166 Å². The summed E-state index contributed by atoms with van der Waals surface area (Å²) in [5, 5.41) is 5.46. The van der Waals surface area contributed by atoms with Crippen molar-refractivity contribution in [2.24, 2.45) is 0 Å². The molecule has 3 amide bonds. The molecule has 2 aromatic carbocycles. The van der Waals surface area contributed by atoms with E-state index in [1.807, 2.05) is 25.1 Å². The van der Waals surface area contributed by atoms with E-state index in [1.54, 1.807) is 18.2 Å². The van der Waals surface area contributed by atoms with Crippen molar-refractivity contribution in [1.82, 2.24) is 10.6 Å². The number of urea groups is 1. The largest absolute Gasteiger partial charge is 0.490 e. The molecule has 6 nitrogen and oxygen atoms in total. The van der Waals surface area contributed by atoms with E-state index in [4.69, 9.17) is 32.7 Å². The predicted molar refractivity (Wildman–Crippen MR) is 103 cm³/mol. The second-order valence-electron chi connectivity index (χ2n) is 5.61. The third kappa shape index (κ3) is 4.53. The lowest BCUT2D eigenvalue weighted by atomic mass is 10.1. The Morgan fingerprint density at radius 3 is 2.48 bits per heavy atom. The summed E-state index contributed by atoms with van der Waals surface area (Å²) in [6.45, 7) is 2.45. The SMILES string of the molecule is CCOc1cc(/C=C2/NC(=O)NC2=O)cc(Cl)c1OCc1ccccc1Cl. The Kier molecular flexibility index (Phi) is 5.88. The fourth-order valence-corrected chi connectivity index (χ4v) is 2.95. The van der Waals surface area contributed by atoms with Crippen LogP contribution in [0.2, 0.25) is 10.0 Å². The number of hydrogen-bond donors (Lipinski definition) is 2. The molecule has 1 aliphatic heterocycles. The van der Waals surface area contributed by atoms with E-state index in [0.717, 1.165) is 5.56 Å². The highest BCUT2D eigenvalue weighted by Gasteiger charge is 2.23. The maximum absolute atomic E-state index is 11.7. The van der Waals surface area contributed by atoms with Crippen LogP contribution in [0.1, 0.15) is 18.1 Å². The van der Waals surface area contributed by atoms with Crippen LogP contribution in [0.25, 0.3) is 6.08 Å². The molecule has 1 fully saturated rings. The molecule has 0 unspecified atom stereocenters. The quantitative estimate of drug-likeness (QED) is 0.557. The van der Waals surface area contributed by atoms with Gasteiger partial charge in [-0.15, -0.1) is 0 Å². The summed E-state index contributed by atoms with van der Waals surface area (Å²) in [5.74, 6) is 0.294. The lowest BCUT2D eigenvalue weighted by Gasteiger charge is -2.15. The van der Waals surface area contributed by atoms with Crippen LogP contribution in [0.15, 0.2) is 42.1 Å². The van der Waals surface area contributed by atoms with Crippen LogP contribution >= 0.6 is 23.2 Å². The summed E-state index contributed by atoms with van der Waals surface area (Å²) in [6, 6.07) is 10.1. The number of rotatable bonds is 6. The van der Waals surface area contributed by atoms with E-state index in [2.05, 4.69) is 10.6 Å². The zero-order valence-corrected chi connectivity index (χ0v) is 15.9. The highest BCUT2D eigenvalue weighted by atomic mass is 35.5. The third-order valence-electron chi connectivity index (χ3n) is 3.69. The van der Waals surface area contributed by atoms with Gasteiger partial charge in [0.1, 0.15) is 12.3 Å². The number of nitrogens with one attached hydrogen (secondary N) is 2. The van der Waals surface area contributed by atoms with Crippen molar-refractivity contribution >= 4 is 41.2 Å². The van der Waals surface area contributed by atoms with Gasteiger partial charge in [-0.3, -0.25) is 10.1 Å². The Bertz CT molecular complexity index is 928. The molecular weight excluding hydrogens is 391 g/mol. The van der Waals surface area contributed by atoms with Crippen LogP contribution in [-0.4, -0.2) is 18.5 Å². The van der Waals surface area contributed by atoms with Crippen molar-refractivity contribution in [3.05, 3.63) is 63.3 Å². The van der Waals surface area contributed by atoms with Crippen LogP contribution in [0.4, 0.5) is 4.79 Å². The van der Waals surface area contributed by atoms with Crippen molar-refractivity contribution in [2.75, 3.05) is 6.61 Å². The number of imide groups is 1. The number of ether oxygens (including phenoxy) is 2. The molecule has 0 radical (unpaired) electrons. The van der Waals surface area contributed by atoms with E-state index < -0.39 is 11.9 Å². The van der Waals surface area contributed by atoms with Gasteiger partial charge in [0, 0.05) is 10.6 Å². The molecule has 2 aromatic rings. The predicted octanol–water partition coefficient (Wildman–Crippen LogP) is 4.15. The van der Waals surface area contributed by atoms with Gasteiger partial charge in [-0.2, -0.15) is 0 Å². The molecule has 0 atom stereocenters. The van der Waals surface area contributed by atoms with Gasteiger partial charge in [-0.25, -0.2) is 4.79 Å². The number of halogens is 2. The van der Waals surface area contributed by atoms with Crippen molar-refractivity contribution in [2.45, 2.75) is 13.5 Å². The van der Waals surface area contributed by atoms with Crippen molar-refractivity contribution in [3.63, 3.8) is 0 Å². The van der Waals surface area contributed by atoms with E-state index in [-0.39, 0.29) is 12.3 Å². The molecule has 0 saturated carbocycles. The number of amides is 3. The second kappa shape index (κ2) is 8.33. The fraction of sp³-hybridized carbons (Fsp3) is 0.158. The van der Waals surface area contributed by atoms with Gasteiger partial charge in [0.2, 0.25) is 0 Å². The van der Waals surface area contributed by atoms with Gasteiger partial charge in [0.05, 0.1) is 11.6 Å². The summed E-state index contributed by atoms with van der Waals surface area (Å²) < 4.78 is 11.5. The molecule has 1 heterocycles. The molecule has 27 heavy (non-hydrogen) atoms. The Hall–Kier alpha value is -2.70. The Balaban J connectivity index is 1.88. The Morgan fingerprint density at radius 1 is 1.04 bits per heavy atom. The molecule has 1 saturated heterocycles. The molecule has 8 heteroatoms. The van der Waals surface area contributed by atoms with Gasteiger partial charge >= 0.3 is 6.03 Å². The molecule has 3 rings (SSSR count). The molecular formula is C19H16Cl2N2O4. The first-order valence-electron chi connectivity index (χ1n) is 8.14. The summed E-state index contributed by atoms with van der Waals surface area (Å²) in [5.41, 5.74) is 1.53. The topological polar surface area (TPSA) is 76.7 Å². The standard InChI is InChI=1S/C19H16Cl2N2O4/c1-2-26-16-9-11(8-15-18(24)23-19(25)22-15)7-14(21)17(16)27-10-12-5-3-4-6-13(12)20/h3-9H,2,10H2,1H3,(H2,22,23,24,25)/b15-8+. The summed E-state index contributed by atoms with van der Waals surface area (Å²) >= 11 is 12.5. The van der Waals surface area contributed by atoms with Gasteiger partial charge in [-0.05, 0) is 36.8 Å². The lowest BCUT2D eigenvalue weighted by Crippen LogP contribution is -2.22. The first-order chi connectivity index (χ1) is 13.0. The minimum atomic E-state index is -0.568. The average molecular weight is 407 g/mol. The maximum Gasteiger partial charge on any atom is 0.326 e. The van der Waals surface area contributed by atoms with Crippen LogP contribution in [-0.2, 0) is 11.4 Å². The minimum absolute atomic E-state index is 0.128. The molecule has 140 valence electrons. The monoisotopic (exact) mass is 406 g/mol. The maximum atomic E-state index is 11.7. The summed E-state index contributed by atoms with van der Waals surface area (Å²) in [6.07, 6.45) is 1.51. The zero-order chi connectivity index (χ0) is 19.4. The number of carbonyl (C=O) groups excluding carboxylic acids is 2. The average Bonchev–Trinajstić information content (AvgIpc) is 2.93. The third-order valence-corrected chi connectivity index (χ3v) is 4.34. The lowest BCUT2D eigenvalue weighted by molar-refractivity contribution is -0.115. The normalized spacial score (nSPS) is 14.9. The molecule has 0 spiro atoms. The first-order valence-corrected chi connectivity index (χ1v) is 8.90. The van der Waals surface area contributed by atoms with E-state index in [9.17, 15) is 9.59 Å². The van der Waals surface area contributed by atoms with Crippen LogP contribution in [0, 0.1) is 0 Å². The van der Waals surface area contributed by atoms with Crippen LogP contribution in [0.3, 0.4) is 0 Å². The smallest absolute Gasteiger partial charge is 0.326 e. The summed E-state index contributed by atoms with van der Waals surface area (Å²) in [4.78, 5) is 22.9. The molecule has 2 N–H and O–H groups in total. The van der Waals surface area contributed by atoms with Gasteiger partial charge in [-0.1, -0.05) is 41.4 Å². The first kappa shape index (κ1) is 19.1. The van der Waals surface area contributed by atoms with Gasteiger partial charge in [0.15, 0.2) is 11.5 Å². The van der Waals surface area contributed by atoms with Crippen LogP contribution in [0.5, 0.6) is 11.5 Å². The van der Waals surface area contributed by atoms with Gasteiger partial charge in [0.25, 0.3) is 5.91 Å². The van der Waals surface area contributed by atoms with Gasteiger partial charge < -0.3 is 14.8 Å². The number of carbonyl (C=O) groups is 2. The minimum Gasteiger partial charge on any atom is -0.490 e. The fourth-order valence-electron chi connectivity index (χ4n) is 2.49. The second-order valence-corrected chi connectivity index (χ2v) is 6.42. The van der Waals surface area contributed by atoms with E-state index in [0.29, 0.717) is 33.7 Å². The van der Waals surface area contributed by atoms with Crippen LogP contribution < -0.4 is 20.1 Å². The highest BCUT2D eigenvalue weighted by Crippen LogP contribution is 2.38. The number of benzene rings is 2. The van der Waals surface area contributed by atoms with Crippen molar-refractivity contribution in [1.29, 1.82) is 0 Å². The van der Waals surface area contributed by atoms with Crippen molar-refractivity contribution in [3.8, 4) is 11.5 Å². The zero-order valence-electron chi connectivity index (χ0n) is 14.3.